The number of ether oxygens (including phenoxy) is 2. The fraction of sp³-hybridized carbons (Fsp3) is 0.565. The molecule has 5 heteroatoms. The van der Waals surface area contributed by atoms with Gasteiger partial charge in [-0.15, -0.1) is 0 Å². The van der Waals surface area contributed by atoms with Crippen molar-refractivity contribution in [2.45, 2.75) is 70.3 Å². The van der Waals surface area contributed by atoms with Gasteiger partial charge in [-0.3, -0.25) is 4.79 Å². The molecule has 0 saturated carbocycles. The highest BCUT2D eigenvalue weighted by atomic mass is 16.6. The van der Waals surface area contributed by atoms with E-state index in [1.54, 1.807) is 0 Å². The first-order chi connectivity index (χ1) is 13.6. The van der Waals surface area contributed by atoms with Crippen LogP contribution in [0.1, 0.15) is 63.9 Å². The van der Waals surface area contributed by atoms with Gasteiger partial charge in [-0.25, -0.2) is 4.79 Å². The molecule has 1 unspecified atom stereocenters. The van der Waals surface area contributed by atoms with Crippen LogP contribution < -0.4 is 0 Å². The third kappa shape index (κ3) is 7.12. The molecule has 28 heavy (non-hydrogen) atoms. The van der Waals surface area contributed by atoms with Gasteiger partial charge in [0.1, 0.15) is 6.61 Å². The number of hydrogen-bond donors (Lipinski definition) is 1. The fourth-order valence-electron chi connectivity index (χ4n) is 3.31. The number of aliphatic hydroxyl groups excluding tert-OH is 1. The SMILES string of the molecule is CCCCCCCC/C=C1\CC(CO)(COC(=O)Cc2ccccc2)OC1=O. The summed E-state index contributed by atoms with van der Waals surface area (Å²) >= 11 is 0. The molecular weight excluding hydrogens is 356 g/mol. The van der Waals surface area contributed by atoms with E-state index in [2.05, 4.69) is 6.92 Å². The molecule has 1 aliphatic rings. The lowest BCUT2D eigenvalue weighted by atomic mass is 9.98. The van der Waals surface area contributed by atoms with E-state index in [1.165, 1.54) is 25.7 Å². The van der Waals surface area contributed by atoms with E-state index in [4.69, 9.17) is 9.47 Å². The number of aliphatic hydroxyl groups is 1. The summed E-state index contributed by atoms with van der Waals surface area (Å²) in [5, 5.41) is 9.75. The molecule has 5 nitrogen and oxygen atoms in total. The first-order valence-corrected chi connectivity index (χ1v) is 10.3. The summed E-state index contributed by atoms with van der Waals surface area (Å²) in [5.41, 5.74) is 0.270. The van der Waals surface area contributed by atoms with Crippen molar-refractivity contribution in [2.24, 2.45) is 0 Å². The Hall–Kier alpha value is -2.14. The van der Waals surface area contributed by atoms with Gasteiger partial charge >= 0.3 is 11.9 Å². The lowest BCUT2D eigenvalue weighted by Crippen LogP contribution is -2.39. The normalized spacial score (nSPS) is 20.4. The Balaban J connectivity index is 1.78. The zero-order valence-electron chi connectivity index (χ0n) is 16.8. The molecule has 2 rings (SSSR count). The van der Waals surface area contributed by atoms with Gasteiger partial charge in [-0.1, -0.05) is 75.4 Å². The second-order valence-corrected chi connectivity index (χ2v) is 7.52. The van der Waals surface area contributed by atoms with Crippen LogP contribution in [-0.4, -0.2) is 35.9 Å². The van der Waals surface area contributed by atoms with Crippen LogP contribution >= 0.6 is 0 Å². The van der Waals surface area contributed by atoms with Gasteiger partial charge in [-0.2, -0.15) is 0 Å². The van der Waals surface area contributed by atoms with Crippen molar-refractivity contribution in [3.8, 4) is 0 Å². The minimum Gasteiger partial charge on any atom is -0.461 e. The van der Waals surface area contributed by atoms with E-state index in [1.807, 2.05) is 36.4 Å². The van der Waals surface area contributed by atoms with Gasteiger partial charge in [0.15, 0.2) is 5.60 Å². The van der Waals surface area contributed by atoms with Crippen LogP contribution in [0.15, 0.2) is 42.0 Å². The second kappa shape index (κ2) is 11.6. The van der Waals surface area contributed by atoms with Crippen LogP contribution in [0.2, 0.25) is 0 Å². The Labute approximate surface area is 167 Å². The topological polar surface area (TPSA) is 72.8 Å². The standard InChI is InChI=1S/C23H32O5/c1-2-3-4-5-6-7-11-14-20-16-23(17-24,28-22(20)26)18-27-21(25)15-19-12-9-8-10-13-19/h8-10,12-14,24H,2-7,11,15-18H2,1H3/b20-14+. The van der Waals surface area contributed by atoms with Crippen LogP contribution in [0.5, 0.6) is 0 Å². The van der Waals surface area contributed by atoms with Gasteiger partial charge < -0.3 is 14.6 Å². The second-order valence-electron chi connectivity index (χ2n) is 7.52. The molecule has 0 amide bonds. The summed E-state index contributed by atoms with van der Waals surface area (Å²) in [6, 6.07) is 9.30. The summed E-state index contributed by atoms with van der Waals surface area (Å²) in [6.07, 6.45) is 10.3. The molecule has 1 saturated heterocycles. The first kappa shape index (κ1) is 22.2. The first-order valence-electron chi connectivity index (χ1n) is 10.3. The van der Waals surface area contributed by atoms with E-state index in [-0.39, 0.29) is 26.1 Å². The number of allylic oxidation sites excluding steroid dienone is 1. The molecule has 1 aromatic rings. The van der Waals surface area contributed by atoms with Gasteiger partial charge in [-0.05, 0) is 18.4 Å². The summed E-state index contributed by atoms with van der Waals surface area (Å²) in [4.78, 5) is 24.2. The highest BCUT2D eigenvalue weighted by Gasteiger charge is 2.44. The Bertz CT molecular complexity index is 652. The molecule has 1 aromatic carbocycles. The lowest BCUT2D eigenvalue weighted by molar-refractivity contribution is -0.165. The molecule has 0 aliphatic carbocycles. The average molecular weight is 389 g/mol. The van der Waals surface area contributed by atoms with Gasteiger partial charge in [0, 0.05) is 12.0 Å². The molecule has 0 radical (unpaired) electrons. The highest BCUT2D eigenvalue weighted by molar-refractivity contribution is 5.91. The number of unbranched alkanes of at least 4 members (excludes halogenated alkanes) is 6. The Morgan fingerprint density at radius 2 is 1.89 bits per heavy atom. The fourth-order valence-corrected chi connectivity index (χ4v) is 3.31. The van der Waals surface area contributed by atoms with Crippen LogP contribution in [-0.2, 0) is 25.5 Å². The molecule has 1 fully saturated rings. The number of rotatable bonds is 12. The molecule has 1 atom stereocenters. The van der Waals surface area contributed by atoms with E-state index < -0.39 is 17.5 Å². The van der Waals surface area contributed by atoms with E-state index in [9.17, 15) is 14.7 Å². The van der Waals surface area contributed by atoms with Crippen molar-refractivity contribution in [1.29, 1.82) is 0 Å². The summed E-state index contributed by atoms with van der Waals surface area (Å²) in [6.45, 7) is 1.70. The number of benzene rings is 1. The van der Waals surface area contributed by atoms with Crippen molar-refractivity contribution in [1.82, 2.24) is 0 Å². The third-order valence-electron chi connectivity index (χ3n) is 5.01. The molecule has 1 heterocycles. The average Bonchev–Trinajstić information content (AvgIpc) is 3.03. The molecule has 1 N–H and O–H groups in total. The van der Waals surface area contributed by atoms with E-state index >= 15 is 0 Å². The van der Waals surface area contributed by atoms with Crippen molar-refractivity contribution in [2.75, 3.05) is 13.2 Å². The van der Waals surface area contributed by atoms with Crippen LogP contribution in [0.4, 0.5) is 0 Å². The van der Waals surface area contributed by atoms with Crippen molar-refractivity contribution in [3.63, 3.8) is 0 Å². The molecule has 0 bridgehead atoms. The van der Waals surface area contributed by atoms with Gasteiger partial charge in [0.25, 0.3) is 0 Å². The number of esters is 2. The maximum atomic E-state index is 12.1. The molecule has 0 spiro atoms. The van der Waals surface area contributed by atoms with Crippen molar-refractivity contribution >= 4 is 11.9 Å². The minimum atomic E-state index is -1.16. The number of carbonyl (C=O) groups is 2. The highest BCUT2D eigenvalue weighted by Crippen LogP contribution is 2.31. The maximum Gasteiger partial charge on any atom is 0.334 e. The van der Waals surface area contributed by atoms with Crippen LogP contribution in [0.25, 0.3) is 0 Å². The summed E-state index contributed by atoms with van der Waals surface area (Å²) < 4.78 is 10.7. The monoisotopic (exact) mass is 388 g/mol. The minimum absolute atomic E-state index is 0.130. The van der Waals surface area contributed by atoms with E-state index in [0.717, 1.165) is 24.8 Å². The number of hydrogen-bond acceptors (Lipinski definition) is 5. The molecule has 0 aromatic heterocycles. The molecule has 1 aliphatic heterocycles. The van der Waals surface area contributed by atoms with Crippen molar-refractivity contribution < 1.29 is 24.2 Å². The number of carbonyl (C=O) groups excluding carboxylic acids is 2. The van der Waals surface area contributed by atoms with E-state index in [0.29, 0.717) is 5.57 Å². The largest absolute Gasteiger partial charge is 0.461 e. The summed E-state index contributed by atoms with van der Waals surface area (Å²) in [7, 11) is 0. The lowest BCUT2D eigenvalue weighted by Gasteiger charge is -2.24. The van der Waals surface area contributed by atoms with Crippen molar-refractivity contribution in [3.05, 3.63) is 47.5 Å². The molecule has 154 valence electrons. The third-order valence-corrected chi connectivity index (χ3v) is 5.01. The maximum absolute atomic E-state index is 12.1. The Kier molecular flexibility index (Phi) is 9.21. The summed E-state index contributed by atoms with van der Waals surface area (Å²) in [5.74, 6) is -0.821. The predicted molar refractivity (Wildman–Crippen MR) is 108 cm³/mol. The van der Waals surface area contributed by atoms with Crippen LogP contribution in [0.3, 0.4) is 0 Å². The quantitative estimate of drug-likeness (QED) is 0.331. The Morgan fingerprint density at radius 3 is 2.61 bits per heavy atom. The predicted octanol–water partition coefficient (Wildman–Crippen LogP) is 4.13. The number of cyclic esters (lactones) is 1. The van der Waals surface area contributed by atoms with Gasteiger partial charge in [0.2, 0.25) is 0 Å². The smallest absolute Gasteiger partial charge is 0.334 e. The zero-order chi connectivity index (χ0) is 20.2. The van der Waals surface area contributed by atoms with Crippen LogP contribution in [0, 0.1) is 0 Å². The Morgan fingerprint density at radius 1 is 1.18 bits per heavy atom. The molecular formula is C23H32O5. The van der Waals surface area contributed by atoms with Gasteiger partial charge in [0.05, 0.1) is 13.0 Å². The zero-order valence-corrected chi connectivity index (χ0v) is 16.8.